The molecule has 0 atom stereocenters. The van der Waals surface area contributed by atoms with E-state index < -0.39 is 11.7 Å². The maximum atomic E-state index is 11.6. The normalized spacial score (nSPS) is 10.8. The van der Waals surface area contributed by atoms with Gasteiger partial charge in [-0.05, 0) is 32.8 Å². The lowest BCUT2D eigenvalue weighted by atomic mass is 10.1. The number of carbonyl (C=O) groups excluding carboxylic acids is 2. The van der Waals surface area contributed by atoms with Crippen LogP contribution >= 0.6 is 0 Å². The first kappa shape index (κ1) is 17.0. The second kappa shape index (κ2) is 8.29. The van der Waals surface area contributed by atoms with Gasteiger partial charge in [-0.25, -0.2) is 4.79 Å². The Hall–Kier alpha value is -2.04. The highest BCUT2D eigenvalue weighted by Crippen LogP contribution is 2.06. The van der Waals surface area contributed by atoms with Crippen molar-refractivity contribution < 1.29 is 14.3 Å². The van der Waals surface area contributed by atoms with Crippen LogP contribution in [0.2, 0.25) is 0 Å². The minimum Gasteiger partial charge on any atom is -0.444 e. The number of nitrogens with one attached hydrogen (secondary N) is 2. The summed E-state index contributed by atoms with van der Waals surface area (Å²) in [6, 6.07) is 9.96. The number of alkyl carbamates (subject to hydrolysis) is 1. The first-order valence-electron chi connectivity index (χ1n) is 7.14. The number of rotatable bonds is 6. The van der Waals surface area contributed by atoms with E-state index in [9.17, 15) is 9.59 Å². The summed E-state index contributed by atoms with van der Waals surface area (Å²) in [6.45, 7) is 6.25. The van der Waals surface area contributed by atoms with Crippen LogP contribution in [0.5, 0.6) is 0 Å². The zero-order valence-corrected chi connectivity index (χ0v) is 12.9. The maximum Gasteiger partial charge on any atom is 0.407 e. The molecule has 5 heteroatoms. The van der Waals surface area contributed by atoms with Crippen molar-refractivity contribution in [2.75, 3.05) is 13.1 Å². The average Bonchev–Trinajstić information content (AvgIpc) is 2.38. The summed E-state index contributed by atoms with van der Waals surface area (Å²) in [5.74, 6) is -0.0815. The van der Waals surface area contributed by atoms with E-state index in [0.717, 1.165) is 6.42 Å². The Labute approximate surface area is 126 Å². The molecule has 0 aliphatic rings. The Bertz CT molecular complexity index is 452. The average molecular weight is 292 g/mol. The van der Waals surface area contributed by atoms with Gasteiger partial charge in [-0.2, -0.15) is 0 Å². The second-order valence-corrected chi connectivity index (χ2v) is 5.76. The molecular formula is C16H24N2O3. The van der Waals surface area contributed by atoms with E-state index in [-0.39, 0.29) is 18.9 Å². The van der Waals surface area contributed by atoms with Gasteiger partial charge in [0.15, 0.2) is 0 Å². The molecule has 0 spiro atoms. The smallest absolute Gasteiger partial charge is 0.407 e. The number of hydrogen-bond donors (Lipinski definition) is 2. The van der Waals surface area contributed by atoms with Crippen LogP contribution < -0.4 is 10.6 Å². The molecule has 0 unspecified atom stereocenters. The van der Waals surface area contributed by atoms with Crippen LogP contribution in [0.25, 0.3) is 0 Å². The van der Waals surface area contributed by atoms with Crippen molar-refractivity contribution in [1.82, 2.24) is 10.6 Å². The molecule has 0 saturated carbocycles. The molecule has 1 aromatic rings. The molecule has 0 aliphatic carbocycles. The Morgan fingerprint density at radius 3 is 2.33 bits per heavy atom. The highest BCUT2D eigenvalue weighted by molar-refractivity contribution is 5.77. The number of ether oxygens (including phenoxy) is 1. The molecular weight excluding hydrogens is 268 g/mol. The third-order valence-corrected chi connectivity index (χ3v) is 2.60. The molecule has 0 fully saturated rings. The van der Waals surface area contributed by atoms with Gasteiger partial charge >= 0.3 is 6.09 Å². The van der Waals surface area contributed by atoms with Crippen LogP contribution in [0.1, 0.15) is 32.8 Å². The minimum atomic E-state index is -0.526. The fourth-order valence-electron chi connectivity index (χ4n) is 1.67. The van der Waals surface area contributed by atoms with E-state index in [1.54, 1.807) is 20.8 Å². The summed E-state index contributed by atoms with van der Waals surface area (Å²) in [6.07, 6.45) is 0.541. The van der Waals surface area contributed by atoms with Crippen molar-refractivity contribution in [3.63, 3.8) is 0 Å². The predicted molar refractivity (Wildman–Crippen MR) is 82.0 cm³/mol. The van der Waals surface area contributed by atoms with Gasteiger partial charge in [-0.15, -0.1) is 0 Å². The molecule has 116 valence electrons. The molecule has 0 bridgehead atoms. The Balaban J connectivity index is 2.10. The van der Waals surface area contributed by atoms with Crippen LogP contribution in [0.3, 0.4) is 0 Å². The number of benzene rings is 1. The van der Waals surface area contributed by atoms with E-state index in [1.165, 1.54) is 5.56 Å². The van der Waals surface area contributed by atoms with Crippen molar-refractivity contribution in [2.24, 2.45) is 0 Å². The molecule has 0 heterocycles. The lowest BCUT2D eigenvalue weighted by Crippen LogP contribution is -2.35. The highest BCUT2D eigenvalue weighted by atomic mass is 16.6. The molecule has 0 aromatic heterocycles. The molecule has 2 amide bonds. The Kier molecular flexibility index (Phi) is 6.72. The molecule has 2 N–H and O–H groups in total. The van der Waals surface area contributed by atoms with Crippen LogP contribution in [-0.4, -0.2) is 30.7 Å². The monoisotopic (exact) mass is 292 g/mol. The summed E-state index contributed by atoms with van der Waals surface area (Å²) in [5.41, 5.74) is 0.659. The first-order chi connectivity index (χ1) is 9.87. The summed E-state index contributed by atoms with van der Waals surface area (Å²) in [7, 11) is 0. The summed E-state index contributed by atoms with van der Waals surface area (Å²) < 4.78 is 5.08. The minimum absolute atomic E-state index is 0.0815. The van der Waals surface area contributed by atoms with Gasteiger partial charge in [0.1, 0.15) is 5.60 Å². The van der Waals surface area contributed by atoms with Gasteiger partial charge in [0.25, 0.3) is 0 Å². The van der Waals surface area contributed by atoms with E-state index >= 15 is 0 Å². The Morgan fingerprint density at radius 1 is 1.05 bits per heavy atom. The van der Waals surface area contributed by atoms with Crippen molar-refractivity contribution >= 4 is 12.0 Å². The van der Waals surface area contributed by atoms with E-state index in [0.29, 0.717) is 6.54 Å². The zero-order valence-electron chi connectivity index (χ0n) is 12.9. The predicted octanol–water partition coefficient (Wildman–Crippen LogP) is 2.26. The van der Waals surface area contributed by atoms with Gasteiger partial charge in [0, 0.05) is 19.5 Å². The van der Waals surface area contributed by atoms with Gasteiger partial charge in [0.05, 0.1) is 0 Å². The van der Waals surface area contributed by atoms with Crippen molar-refractivity contribution in [2.45, 2.75) is 39.2 Å². The van der Waals surface area contributed by atoms with E-state index in [1.807, 2.05) is 30.3 Å². The van der Waals surface area contributed by atoms with Crippen LogP contribution in [-0.2, 0) is 16.0 Å². The second-order valence-electron chi connectivity index (χ2n) is 5.76. The molecule has 0 aliphatic heterocycles. The van der Waals surface area contributed by atoms with Crippen LogP contribution in [0, 0.1) is 0 Å². The van der Waals surface area contributed by atoms with Crippen molar-refractivity contribution in [1.29, 1.82) is 0 Å². The van der Waals surface area contributed by atoms with Crippen molar-refractivity contribution in [3.05, 3.63) is 35.9 Å². The lowest BCUT2D eigenvalue weighted by Gasteiger charge is -2.19. The molecule has 1 aromatic carbocycles. The van der Waals surface area contributed by atoms with E-state index in [4.69, 9.17) is 4.74 Å². The molecule has 5 nitrogen and oxygen atoms in total. The first-order valence-corrected chi connectivity index (χ1v) is 7.14. The van der Waals surface area contributed by atoms with Crippen LogP contribution in [0.15, 0.2) is 30.3 Å². The maximum absolute atomic E-state index is 11.6. The van der Waals surface area contributed by atoms with Gasteiger partial charge in [-0.1, -0.05) is 30.3 Å². The third-order valence-electron chi connectivity index (χ3n) is 2.60. The van der Waals surface area contributed by atoms with Crippen molar-refractivity contribution in [3.8, 4) is 0 Å². The van der Waals surface area contributed by atoms with Gasteiger partial charge in [0.2, 0.25) is 5.91 Å². The Morgan fingerprint density at radius 2 is 1.71 bits per heavy atom. The number of amides is 2. The quantitative estimate of drug-likeness (QED) is 0.845. The highest BCUT2D eigenvalue weighted by Gasteiger charge is 2.15. The topological polar surface area (TPSA) is 67.4 Å². The van der Waals surface area contributed by atoms with Gasteiger partial charge < -0.3 is 15.4 Å². The molecule has 0 radical (unpaired) electrons. The van der Waals surface area contributed by atoms with E-state index in [2.05, 4.69) is 10.6 Å². The lowest BCUT2D eigenvalue weighted by molar-refractivity contribution is -0.120. The number of carbonyl (C=O) groups is 2. The summed E-state index contributed by atoms with van der Waals surface area (Å²) in [4.78, 5) is 23.0. The van der Waals surface area contributed by atoms with Gasteiger partial charge in [-0.3, -0.25) is 4.79 Å². The zero-order chi connectivity index (χ0) is 15.7. The fraction of sp³-hybridized carbons (Fsp3) is 0.500. The third kappa shape index (κ3) is 8.68. The fourth-order valence-corrected chi connectivity index (χ4v) is 1.67. The summed E-state index contributed by atoms with van der Waals surface area (Å²) >= 11 is 0. The summed E-state index contributed by atoms with van der Waals surface area (Å²) in [5, 5.41) is 5.38. The standard InChI is InChI=1S/C16H24N2O3/c1-16(2,3)21-15(20)18-12-10-14(19)17-11-9-13-7-5-4-6-8-13/h4-8H,9-12H2,1-3H3,(H,17,19)(H,18,20). The van der Waals surface area contributed by atoms with Crippen LogP contribution in [0.4, 0.5) is 4.79 Å². The molecule has 21 heavy (non-hydrogen) atoms. The number of hydrogen-bond acceptors (Lipinski definition) is 3. The molecule has 1 rings (SSSR count). The molecule has 0 saturated heterocycles. The SMILES string of the molecule is CC(C)(C)OC(=O)NCCC(=O)NCCc1ccccc1. The largest absolute Gasteiger partial charge is 0.444 e.